The van der Waals surface area contributed by atoms with Crippen LogP contribution in [-0.2, 0) is 0 Å². The molecule has 1 heterocycles. The van der Waals surface area contributed by atoms with Crippen LogP contribution in [0.25, 0.3) is 0 Å². The molecule has 0 saturated heterocycles. The first-order chi connectivity index (χ1) is 6.24. The maximum Gasteiger partial charge on any atom is 0.250 e. The minimum absolute atomic E-state index is 0.0504. The van der Waals surface area contributed by atoms with Crippen LogP contribution in [0.3, 0.4) is 0 Å². The highest BCUT2D eigenvalue weighted by Gasteiger charge is 2.11. The van der Waals surface area contributed by atoms with Crippen molar-refractivity contribution in [3.8, 4) is 0 Å². The summed E-state index contributed by atoms with van der Waals surface area (Å²) < 4.78 is 0. The van der Waals surface area contributed by atoms with E-state index in [1.165, 1.54) is 6.20 Å². The molecule has 0 aliphatic heterocycles. The Labute approximate surface area is 73.7 Å². The second-order valence-corrected chi connectivity index (χ2v) is 2.25. The summed E-state index contributed by atoms with van der Waals surface area (Å²) in [6.07, 6.45) is 1.47. The lowest BCUT2D eigenvalue weighted by Gasteiger charge is -1.96. The van der Waals surface area contributed by atoms with E-state index in [4.69, 9.17) is 5.21 Å². The maximum absolute atomic E-state index is 10.1. The number of oxime groups is 1. The second kappa shape index (κ2) is 4.15. The van der Waals surface area contributed by atoms with Gasteiger partial charge in [0.05, 0.1) is 5.69 Å². The molecule has 6 heteroatoms. The Bertz CT molecular complexity index is 323. The molecule has 1 rings (SSSR count). The molecule has 13 heavy (non-hydrogen) atoms. The van der Waals surface area contributed by atoms with E-state index in [0.29, 0.717) is 5.69 Å². The summed E-state index contributed by atoms with van der Waals surface area (Å²) in [5.74, 6) is 0. The third kappa shape index (κ3) is 2.51. The number of nitro groups is 1. The SMILES string of the molecule is O=[N+]([O-])CC(=NO)c1ccccn1. The zero-order valence-electron chi connectivity index (χ0n) is 6.62. The molecule has 6 nitrogen and oxygen atoms in total. The summed E-state index contributed by atoms with van der Waals surface area (Å²) in [6, 6.07) is 4.87. The summed E-state index contributed by atoms with van der Waals surface area (Å²) in [4.78, 5) is 13.4. The number of hydrogen-bond donors (Lipinski definition) is 1. The van der Waals surface area contributed by atoms with Crippen LogP contribution in [0.15, 0.2) is 29.6 Å². The normalized spacial score (nSPS) is 11.2. The third-order valence-corrected chi connectivity index (χ3v) is 1.36. The van der Waals surface area contributed by atoms with Crippen LogP contribution in [-0.4, -0.2) is 27.4 Å². The average molecular weight is 181 g/mol. The van der Waals surface area contributed by atoms with Gasteiger partial charge in [-0.2, -0.15) is 0 Å². The van der Waals surface area contributed by atoms with Crippen molar-refractivity contribution in [2.45, 2.75) is 0 Å². The lowest BCUT2D eigenvalue weighted by atomic mass is 10.2. The molecule has 0 atom stereocenters. The summed E-state index contributed by atoms with van der Waals surface area (Å²) in [6.45, 7) is -0.534. The van der Waals surface area contributed by atoms with E-state index in [2.05, 4.69) is 10.1 Å². The molecule has 1 aromatic rings. The van der Waals surface area contributed by atoms with Gasteiger partial charge in [0.2, 0.25) is 0 Å². The van der Waals surface area contributed by atoms with Gasteiger partial charge in [0, 0.05) is 11.1 Å². The fourth-order valence-corrected chi connectivity index (χ4v) is 0.820. The molecule has 68 valence electrons. The molecule has 1 aromatic heterocycles. The van der Waals surface area contributed by atoms with Crippen molar-refractivity contribution < 1.29 is 10.1 Å². The number of rotatable bonds is 3. The minimum atomic E-state index is -0.580. The van der Waals surface area contributed by atoms with E-state index in [-0.39, 0.29) is 5.71 Å². The molecule has 0 aromatic carbocycles. The largest absolute Gasteiger partial charge is 0.410 e. The van der Waals surface area contributed by atoms with Gasteiger partial charge < -0.3 is 5.21 Å². The topological polar surface area (TPSA) is 88.6 Å². The fraction of sp³-hybridized carbons (Fsp3) is 0.143. The van der Waals surface area contributed by atoms with Crippen LogP contribution in [0.1, 0.15) is 5.69 Å². The number of aromatic nitrogens is 1. The van der Waals surface area contributed by atoms with Crippen LogP contribution in [0.4, 0.5) is 0 Å². The van der Waals surface area contributed by atoms with Crippen molar-refractivity contribution in [2.75, 3.05) is 6.54 Å². The van der Waals surface area contributed by atoms with E-state index in [1.807, 2.05) is 0 Å². The summed E-state index contributed by atoms with van der Waals surface area (Å²) >= 11 is 0. The highest BCUT2D eigenvalue weighted by molar-refractivity contribution is 5.99. The summed E-state index contributed by atoms with van der Waals surface area (Å²) in [7, 11) is 0. The van der Waals surface area contributed by atoms with Crippen molar-refractivity contribution in [3.05, 3.63) is 40.2 Å². The number of hydrogen-bond acceptors (Lipinski definition) is 5. The lowest BCUT2D eigenvalue weighted by Crippen LogP contribution is -2.16. The molecular weight excluding hydrogens is 174 g/mol. The van der Waals surface area contributed by atoms with E-state index < -0.39 is 11.5 Å². The molecule has 0 aliphatic carbocycles. The molecular formula is C7H7N3O3. The molecule has 1 N–H and O–H groups in total. The molecule has 0 radical (unpaired) electrons. The fourth-order valence-electron chi connectivity index (χ4n) is 0.820. The number of pyridine rings is 1. The van der Waals surface area contributed by atoms with Gasteiger partial charge in [0.15, 0.2) is 5.71 Å². The predicted octanol–water partition coefficient (Wildman–Crippen LogP) is 0.537. The van der Waals surface area contributed by atoms with E-state index in [9.17, 15) is 10.1 Å². The molecule has 0 spiro atoms. The van der Waals surface area contributed by atoms with Crippen molar-refractivity contribution >= 4 is 5.71 Å². The summed E-state index contributed by atoms with van der Waals surface area (Å²) in [5, 5.41) is 21.4. The average Bonchev–Trinajstić information content (AvgIpc) is 2.15. The first-order valence-corrected chi connectivity index (χ1v) is 3.48. The van der Waals surface area contributed by atoms with Crippen molar-refractivity contribution in [1.82, 2.24) is 4.98 Å². The van der Waals surface area contributed by atoms with Crippen LogP contribution < -0.4 is 0 Å². The quantitative estimate of drug-likeness (QED) is 0.319. The van der Waals surface area contributed by atoms with Gasteiger partial charge in [0.25, 0.3) is 6.54 Å². The van der Waals surface area contributed by atoms with Crippen LogP contribution in [0, 0.1) is 10.1 Å². The second-order valence-electron chi connectivity index (χ2n) is 2.25. The Hall–Kier alpha value is -1.98. The van der Waals surface area contributed by atoms with Gasteiger partial charge in [-0.15, -0.1) is 0 Å². The van der Waals surface area contributed by atoms with E-state index in [0.717, 1.165) is 0 Å². The Balaban J connectivity index is 2.86. The van der Waals surface area contributed by atoms with Gasteiger partial charge in [0.1, 0.15) is 0 Å². The zero-order chi connectivity index (χ0) is 9.68. The summed E-state index contributed by atoms with van der Waals surface area (Å²) in [5.41, 5.74) is 0.257. The Morgan fingerprint density at radius 3 is 2.92 bits per heavy atom. The van der Waals surface area contributed by atoms with Gasteiger partial charge in [-0.25, -0.2) is 0 Å². The minimum Gasteiger partial charge on any atom is -0.410 e. The molecule has 0 unspecified atom stereocenters. The highest BCUT2D eigenvalue weighted by Crippen LogP contribution is 1.96. The van der Waals surface area contributed by atoms with Crippen molar-refractivity contribution in [3.63, 3.8) is 0 Å². The van der Waals surface area contributed by atoms with Crippen molar-refractivity contribution in [1.29, 1.82) is 0 Å². The smallest absolute Gasteiger partial charge is 0.250 e. The molecule has 0 saturated carbocycles. The van der Waals surface area contributed by atoms with Crippen molar-refractivity contribution in [2.24, 2.45) is 5.16 Å². The first-order valence-electron chi connectivity index (χ1n) is 3.48. The first kappa shape index (κ1) is 9.11. The third-order valence-electron chi connectivity index (χ3n) is 1.36. The maximum atomic E-state index is 10.1. The monoisotopic (exact) mass is 181 g/mol. The van der Waals surface area contributed by atoms with Gasteiger partial charge in [-0.05, 0) is 12.1 Å². The van der Waals surface area contributed by atoms with E-state index in [1.54, 1.807) is 18.2 Å². The zero-order valence-corrected chi connectivity index (χ0v) is 6.62. The molecule has 0 fully saturated rings. The lowest BCUT2D eigenvalue weighted by molar-refractivity contribution is -0.463. The van der Waals surface area contributed by atoms with Crippen LogP contribution in [0.2, 0.25) is 0 Å². The highest BCUT2D eigenvalue weighted by atomic mass is 16.6. The molecule has 0 aliphatic rings. The van der Waals surface area contributed by atoms with Gasteiger partial charge in [-0.3, -0.25) is 15.1 Å². The van der Waals surface area contributed by atoms with Crippen LogP contribution in [0.5, 0.6) is 0 Å². The van der Waals surface area contributed by atoms with Gasteiger partial charge >= 0.3 is 0 Å². The molecule has 0 amide bonds. The van der Waals surface area contributed by atoms with Gasteiger partial charge in [-0.1, -0.05) is 11.2 Å². The standard InChI is InChI=1S/C7H7N3O3/c11-9-7(5-10(12)13)6-3-1-2-4-8-6/h1-4,11H,5H2. The molecule has 0 bridgehead atoms. The van der Waals surface area contributed by atoms with E-state index >= 15 is 0 Å². The number of nitrogens with zero attached hydrogens (tertiary/aromatic N) is 3. The van der Waals surface area contributed by atoms with Crippen LogP contribution >= 0.6 is 0 Å². The Morgan fingerprint density at radius 2 is 2.46 bits per heavy atom. The predicted molar refractivity (Wildman–Crippen MR) is 44.4 cm³/mol. The Kier molecular flexibility index (Phi) is 2.91. The Morgan fingerprint density at radius 1 is 1.69 bits per heavy atom.